The zero-order chi connectivity index (χ0) is 10.6. The van der Waals surface area contributed by atoms with Crippen LogP contribution in [0.2, 0.25) is 0 Å². The number of rotatable bonds is 3. The quantitative estimate of drug-likeness (QED) is 0.311. The molecule has 1 rings (SSSR count). The van der Waals surface area contributed by atoms with Gasteiger partial charge in [-0.15, -0.1) is 0 Å². The van der Waals surface area contributed by atoms with Crippen LogP contribution in [0.4, 0.5) is 0 Å². The maximum absolute atomic E-state index is 11.3. The van der Waals surface area contributed by atoms with Crippen LogP contribution in [0.25, 0.3) is 5.53 Å². The maximum Gasteiger partial charge on any atom is 0.328 e. The first-order valence-electron chi connectivity index (χ1n) is 4.47. The van der Waals surface area contributed by atoms with E-state index in [9.17, 15) is 4.79 Å². The summed E-state index contributed by atoms with van der Waals surface area (Å²) in [5.41, 5.74) is 9.87. The number of nitrogens with zero attached hydrogens (tertiary/aromatic N) is 2. The summed E-state index contributed by atoms with van der Waals surface area (Å²) in [4.78, 5) is 14.0. The minimum Gasteiger partial charge on any atom is -0.361 e. The monoisotopic (exact) mass is 188 g/mol. The molecule has 0 spiro atoms. The predicted molar refractivity (Wildman–Crippen MR) is 54.5 cm³/mol. The SMILES string of the molecule is CC(C)c1cccc(C(=O)C=[N+]=[N-])c1. The van der Waals surface area contributed by atoms with Crippen molar-refractivity contribution in [2.45, 2.75) is 19.8 Å². The predicted octanol–water partition coefficient (Wildman–Crippen LogP) is 2.29. The minimum atomic E-state index is -0.282. The maximum atomic E-state index is 11.3. The van der Waals surface area contributed by atoms with E-state index < -0.39 is 0 Å². The molecule has 0 aliphatic rings. The van der Waals surface area contributed by atoms with Gasteiger partial charge in [0.15, 0.2) is 0 Å². The highest BCUT2D eigenvalue weighted by Gasteiger charge is 2.08. The third-order valence-electron chi connectivity index (χ3n) is 2.01. The van der Waals surface area contributed by atoms with Gasteiger partial charge in [-0.2, -0.15) is 4.79 Å². The number of carbonyl (C=O) groups is 1. The van der Waals surface area contributed by atoms with Gasteiger partial charge >= 0.3 is 6.21 Å². The first-order valence-corrected chi connectivity index (χ1v) is 4.47. The first kappa shape index (κ1) is 10.4. The smallest absolute Gasteiger partial charge is 0.328 e. The van der Waals surface area contributed by atoms with Crippen molar-refractivity contribution in [3.63, 3.8) is 0 Å². The van der Waals surface area contributed by atoms with Gasteiger partial charge in [0.25, 0.3) is 5.78 Å². The normalized spacial score (nSPS) is 9.64. The zero-order valence-electron chi connectivity index (χ0n) is 8.27. The Kier molecular flexibility index (Phi) is 3.32. The van der Waals surface area contributed by atoms with Crippen molar-refractivity contribution < 1.29 is 9.58 Å². The molecule has 3 nitrogen and oxygen atoms in total. The zero-order valence-corrected chi connectivity index (χ0v) is 8.27. The summed E-state index contributed by atoms with van der Waals surface area (Å²) < 4.78 is 0. The van der Waals surface area contributed by atoms with Crippen LogP contribution in [0.1, 0.15) is 35.7 Å². The van der Waals surface area contributed by atoms with Crippen molar-refractivity contribution in [3.8, 4) is 0 Å². The lowest BCUT2D eigenvalue weighted by Gasteiger charge is -2.04. The van der Waals surface area contributed by atoms with E-state index in [-0.39, 0.29) is 5.78 Å². The Balaban J connectivity index is 3.05. The molecule has 1 aromatic rings. The molecule has 0 radical (unpaired) electrons. The second-order valence-corrected chi connectivity index (χ2v) is 3.39. The Morgan fingerprint density at radius 2 is 2.21 bits per heavy atom. The highest BCUT2D eigenvalue weighted by Crippen LogP contribution is 2.15. The highest BCUT2D eigenvalue weighted by atomic mass is 16.1. The fraction of sp³-hybridized carbons (Fsp3) is 0.273. The Morgan fingerprint density at radius 3 is 2.79 bits per heavy atom. The van der Waals surface area contributed by atoms with Crippen molar-refractivity contribution in [1.82, 2.24) is 0 Å². The molecule has 14 heavy (non-hydrogen) atoms. The topological polar surface area (TPSA) is 53.5 Å². The molecule has 0 unspecified atom stereocenters. The van der Waals surface area contributed by atoms with Crippen LogP contribution < -0.4 is 0 Å². The fourth-order valence-electron chi connectivity index (χ4n) is 1.18. The van der Waals surface area contributed by atoms with Crippen LogP contribution >= 0.6 is 0 Å². The van der Waals surface area contributed by atoms with Gasteiger partial charge in [0.05, 0.1) is 0 Å². The molecule has 1 aromatic carbocycles. The minimum absolute atomic E-state index is 0.282. The van der Waals surface area contributed by atoms with E-state index in [2.05, 4.69) is 18.6 Å². The van der Waals surface area contributed by atoms with Crippen LogP contribution in [0, 0.1) is 0 Å². The Morgan fingerprint density at radius 1 is 1.50 bits per heavy atom. The van der Waals surface area contributed by atoms with E-state index in [0.717, 1.165) is 11.8 Å². The molecule has 0 aromatic heterocycles. The van der Waals surface area contributed by atoms with Gasteiger partial charge in [0.1, 0.15) is 0 Å². The molecular formula is C11H12N2O. The summed E-state index contributed by atoms with van der Waals surface area (Å²) in [6, 6.07) is 7.32. The lowest BCUT2D eigenvalue weighted by Crippen LogP contribution is -2.01. The van der Waals surface area contributed by atoms with Crippen LogP contribution in [0.15, 0.2) is 24.3 Å². The van der Waals surface area contributed by atoms with E-state index in [4.69, 9.17) is 5.53 Å². The Bertz CT molecular complexity index is 390. The number of benzene rings is 1. The average molecular weight is 188 g/mol. The van der Waals surface area contributed by atoms with Gasteiger partial charge in [-0.05, 0) is 17.5 Å². The van der Waals surface area contributed by atoms with Gasteiger partial charge in [0.2, 0.25) is 0 Å². The number of ketones is 1. The van der Waals surface area contributed by atoms with E-state index in [0.29, 0.717) is 11.5 Å². The molecule has 0 fully saturated rings. The van der Waals surface area contributed by atoms with Crippen LogP contribution in [-0.4, -0.2) is 16.8 Å². The van der Waals surface area contributed by atoms with Gasteiger partial charge in [-0.1, -0.05) is 32.0 Å². The third kappa shape index (κ3) is 2.38. The van der Waals surface area contributed by atoms with Crippen LogP contribution in [0.5, 0.6) is 0 Å². The Hall–Kier alpha value is -1.73. The number of hydrogen-bond acceptors (Lipinski definition) is 1. The first-order chi connectivity index (χ1) is 6.65. The summed E-state index contributed by atoms with van der Waals surface area (Å²) in [5.74, 6) is 0.101. The molecule has 72 valence electrons. The van der Waals surface area contributed by atoms with Crippen molar-refractivity contribution >= 4 is 12.0 Å². The van der Waals surface area contributed by atoms with E-state index in [1.807, 2.05) is 18.2 Å². The molecule has 0 saturated carbocycles. The average Bonchev–Trinajstić information content (AvgIpc) is 2.18. The van der Waals surface area contributed by atoms with Gasteiger partial charge in [0, 0.05) is 5.56 Å². The Labute approximate surface area is 83.0 Å². The van der Waals surface area contributed by atoms with E-state index in [1.54, 1.807) is 6.07 Å². The van der Waals surface area contributed by atoms with E-state index in [1.165, 1.54) is 0 Å². The standard InChI is InChI=1S/C11H12N2O/c1-8(2)9-4-3-5-10(6-9)11(14)7-13-12/h3-8H,1-2H3. The van der Waals surface area contributed by atoms with E-state index >= 15 is 0 Å². The molecule has 0 heterocycles. The summed E-state index contributed by atoms with van der Waals surface area (Å²) >= 11 is 0. The number of carbonyl (C=O) groups excluding carboxylic acids is 1. The largest absolute Gasteiger partial charge is 0.361 e. The second kappa shape index (κ2) is 4.49. The lowest BCUT2D eigenvalue weighted by molar-refractivity contribution is 0.00235. The van der Waals surface area contributed by atoms with Crippen molar-refractivity contribution in [2.75, 3.05) is 0 Å². The third-order valence-corrected chi connectivity index (χ3v) is 2.01. The molecule has 0 bridgehead atoms. The molecular weight excluding hydrogens is 176 g/mol. The summed E-state index contributed by atoms with van der Waals surface area (Å²) in [6.45, 7) is 4.12. The number of Topliss-reactive ketones (excluding diaryl/α,β-unsaturated/α-hetero) is 1. The lowest BCUT2D eigenvalue weighted by atomic mass is 10.00. The summed E-state index contributed by atoms with van der Waals surface area (Å²) in [5, 5.41) is 0. The molecule has 3 heteroatoms. The molecule has 0 aliphatic carbocycles. The number of hydrogen-bond donors (Lipinski definition) is 0. The fourth-order valence-corrected chi connectivity index (χ4v) is 1.18. The second-order valence-electron chi connectivity index (χ2n) is 3.39. The van der Waals surface area contributed by atoms with Gasteiger partial charge in [-0.25, -0.2) is 0 Å². The molecule has 0 aliphatic heterocycles. The van der Waals surface area contributed by atoms with Crippen molar-refractivity contribution in [1.29, 1.82) is 0 Å². The van der Waals surface area contributed by atoms with Gasteiger partial charge < -0.3 is 5.53 Å². The van der Waals surface area contributed by atoms with Crippen LogP contribution in [0.3, 0.4) is 0 Å². The van der Waals surface area contributed by atoms with Crippen LogP contribution in [-0.2, 0) is 0 Å². The molecule has 0 N–H and O–H groups in total. The summed E-state index contributed by atoms with van der Waals surface area (Å²) in [7, 11) is 0. The van der Waals surface area contributed by atoms with Gasteiger partial charge in [-0.3, -0.25) is 4.79 Å². The molecule has 0 amide bonds. The van der Waals surface area contributed by atoms with Crippen molar-refractivity contribution in [3.05, 3.63) is 40.9 Å². The molecule has 0 atom stereocenters. The van der Waals surface area contributed by atoms with Crippen molar-refractivity contribution in [2.24, 2.45) is 0 Å². The molecule has 0 saturated heterocycles. The summed E-state index contributed by atoms with van der Waals surface area (Å²) in [6.07, 6.45) is 0.902. The highest BCUT2D eigenvalue weighted by molar-refractivity contribution is 6.33.